The van der Waals surface area contributed by atoms with E-state index in [1.165, 1.54) is 11.4 Å². The number of hydrogen-bond donors (Lipinski definition) is 0. The maximum absolute atomic E-state index is 12.7. The quantitative estimate of drug-likeness (QED) is 0.793. The number of rotatable bonds is 4. The van der Waals surface area contributed by atoms with E-state index in [0.29, 0.717) is 24.4 Å². The number of sulfonamides is 1. The number of methoxy groups -OCH3 is 1. The van der Waals surface area contributed by atoms with E-state index in [4.69, 9.17) is 21.1 Å². The van der Waals surface area contributed by atoms with Crippen LogP contribution < -0.4 is 4.74 Å². The molecule has 1 fully saturated rings. The summed E-state index contributed by atoms with van der Waals surface area (Å²) in [4.78, 5) is 0.236. The van der Waals surface area contributed by atoms with Crippen LogP contribution in [-0.4, -0.2) is 45.1 Å². The average molecular weight is 334 g/mol. The van der Waals surface area contributed by atoms with Gasteiger partial charge in [0.15, 0.2) is 0 Å². The van der Waals surface area contributed by atoms with Gasteiger partial charge >= 0.3 is 0 Å². The first-order valence-electron chi connectivity index (χ1n) is 6.77. The number of halogens is 1. The van der Waals surface area contributed by atoms with Gasteiger partial charge in [-0.1, -0.05) is 0 Å². The van der Waals surface area contributed by atoms with Gasteiger partial charge in [0.05, 0.1) is 30.1 Å². The Kier molecular flexibility index (Phi) is 5.14. The van der Waals surface area contributed by atoms with Crippen LogP contribution in [0.2, 0.25) is 0 Å². The van der Waals surface area contributed by atoms with Gasteiger partial charge in [-0.2, -0.15) is 4.31 Å². The molecule has 1 heterocycles. The molecule has 5 nitrogen and oxygen atoms in total. The largest absolute Gasteiger partial charge is 0.496 e. The summed E-state index contributed by atoms with van der Waals surface area (Å²) in [6.07, 6.45) is -0.233. The minimum Gasteiger partial charge on any atom is -0.496 e. The minimum atomic E-state index is -3.55. The number of ether oxygens (including phenoxy) is 2. The zero-order valence-electron chi connectivity index (χ0n) is 12.4. The molecule has 2 atom stereocenters. The Morgan fingerprint density at radius 3 is 2.48 bits per heavy atom. The lowest BCUT2D eigenvalue weighted by Crippen LogP contribution is -2.48. The van der Waals surface area contributed by atoms with Gasteiger partial charge in [-0.3, -0.25) is 0 Å². The van der Waals surface area contributed by atoms with E-state index in [1.807, 2.05) is 13.8 Å². The van der Waals surface area contributed by atoms with Crippen LogP contribution in [0.25, 0.3) is 0 Å². The van der Waals surface area contributed by atoms with Gasteiger partial charge in [-0.15, -0.1) is 11.6 Å². The fourth-order valence-corrected chi connectivity index (χ4v) is 4.35. The van der Waals surface area contributed by atoms with Crippen molar-refractivity contribution in [2.24, 2.45) is 0 Å². The molecular weight excluding hydrogens is 314 g/mol. The van der Waals surface area contributed by atoms with Crippen molar-refractivity contribution in [3.05, 3.63) is 23.8 Å². The molecule has 0 spiro atoms. The van der Waals surface area contributed by atoms with Crippen molar-refractivity contribution in [1.82, 2.24) is 4.31 Å². The molecule has 118 valence electrons. The Bertz CT molecular complexity index is 595. The molecule has 0 aliphatic carbocycles. The summed E-state index contributed by atoms with van der Waals surface area (Å²) in [6, 6.07) is 4.76. The van der Waals surface area contributed by atoms with E-state index in [2.05, 4.69) is 0 Å². The summed E-state index contributed by atoms with van der Waals surface area (Å²) >= 11 is 5.86. The molecule has 21 heavy (non-hydrogen) atoms. The monoisotopic (exact) mass is 333 g/mol. The van der Waals surface area contributed by atoms with E-state index in [1.54, 1.807) is 18.2 Å². The Morgan fingerprint density at radius 2 is 1.95 bits per heavy atom. The maximum atomic E-state index is 12.7. The lowest BCUT2D eigenvalue weighted by molar-refractivity contribution is -0.0440. The molecule has 2 rings (SSSR count). The highest BCUT2D eigenvalue weighted by Gasteiger charge is 2.32. The summed E-state index contributed by atoms with van der Waals surface area (Å²) in [7, 11) is -2.01. The molecule has 7 heteroatoms. The second-order valence-electron chi connectivity index (χ2n) is 5.19. The smallest absolute Gasteiger partial charge is 0.243 e. The fraction of sp³-hybridized carbons (Fsp3) is 0.571. The molecule has 0 amide bonds. The van der Waals surface area contributed by atoms with Crippen molar-refractivity contribution < 1.29 is 17.9 Å². The molecule has 0 bridgehead atoms. The van der Waals surface area contributed by atoms with Gasteiger partial charge in [0, 0.05) is 18.7 Å². The first-order chi connectivity index (χ1) is 9.88. The third-order valence-electron chi connectivity index (χ3n) is 3.42. The highest BCUT2D eigenvalue weighted by atomic mass is 35.5. The molecule has 1 aromatic carbocycles. The zero-order chi connectivity index (χ0) is 15.6. The number of morpholine rings is 1. The molecule has 0 aromatic heterocycles. The second kappa shape index (κ2) is 6.52. The van der Waals surface area contributed by atoms with Gasteiger partial charge in [0.1, 0.15) is 5.75 Å². The van der Waals surface area contributed by atoms with E-state index in [9.17, 15) is 8.42 Å². The predicted octanol–water partition coefficient (Wildman–Crippen LogP) is 2.23. The number of alkyl halides is 1. The number of hydrogen-bond acceptors (Lipinski definition) is 4. The van der Waals surface area contributed by atoms with Crippen molar-refractivity contribution in [3.8, 4) is 5.75 Å². The van der Waals surface area contributed by atoms with E-state index in [-0.39, 0.29) is 23.0 Å². The van der Waals surface area contributed by atoms with E-state index in [0.717, 1.165) is 0 Å². The van der Waals surface area contributed by atoms with Gasteiger partial charge in [-0.25, -0.2) is 8.42 Å². The highest BCUT2D eigenvalue weighted by molar-refractivity contribution is 7.89. The summed E-state index contributed by atoms with van der Waals surface area (Å²) < 4.78 is 37.7. The molecule has 2 unspecified atom stereocenters. The van der Waals surface area contributed by atoms with Crippen LogP contribution in [0.3, 0.4) is 0 Å². The molecule has 1 saturated heterocycles. The summed E-state index contributed by atoms with van der Waals surface area (Å²) in [6.45, 7) is 4.45. The molecule has 0 saturated carbocycles. The second-order valence-corrected chi connectivity index (χ2v) is 7.39. The number of benzene rings is 1. The van der Waals surface area contributed by atoms with Crippen LogP contribution in [0, 0.1) is 0 Å². The van der Waals surface area contributed by atoms with Gasteiger partial charge in [0.25, 0.3) is 0 Å². The zero-order valence-corrected chi connectivity index (χ0v) is 13.9. The predicted molar refractivity (Wildman–Crippen MR) is 81.3 cm³/mol. The minimum absolute atomic E-state index is 0.116. The van der Waals surface area contributed by atoms with Crippen LogP contribution in [0.15, 0.2) is 23.1 Å². The standard InChI is InChI=1S/C14H20ClNO4S/c1-10-8-16(9-11(2)20-10)21(17,18)13-4-5-14(19-3)12(6-13)7-15/h4-6,10-11H,7-9H2,1-3H3. The highest BCUT2D eigenvalue weighted by Crippen LogP contribution is 2.27. The first-order valence-corrected chi connectivity index (χ1v) is 8.74. The van der Waals surface area contributed by atoms with Gasteiger partial charge in [-0.05, 0) is 32.0 Å². The van der Waals surface area contributed by atoms with Crippen LogP contribution in [0.1, 0.15) is 19.4 Å². The topological polar surface area (TPSA) is 55.8 Å². The van der Waals surface area contributed by atoms with Crippen molar-refractivity contribution >= 4 is 21.6 Å². The van der Waals surface area contributed by atoms with Crippen LogP contribution in [0.4, 0.5) is 0 Å². The molecule has 1 aliphatic rings. The SMILES string of the molecule is COc1ccc(S(=O)(=O)N2CC(C)OC(C)C2)cc1CCl. The Balaban J connectivity index is 2.35. The van der Waals surface area contributed by atoms with E-state index >= 15 is 0 Å². The molecule has 0 N–H and O–H groups in total. The van der Waals surface area contributed by atoms with Gasteiger partial charge < -0.3 is 9.47 Å². The molecule has 1 aliphatic heterocycles. The Hall–Kier alpha value is -0.820. The Morgan fingerprint density at radius 1 is 1.33 bits per heavy atom. The maximum Gasteiger partial charge on any atom is 0.243 e. The van der Waals surface area contributed by atoms with Gasteiger partial charge in [0.2, 0.25) is 10.0 Å². The third kappa shape index (κ3) is 3.51. The van der Waals surface area contributed by atoms with Crippen molar-refractivity contribution in [2.75, 3.05) is 20.2 Å². The first kappa shape index (κ1) is 16.5. The summed E-state index contributed by atoms with van der Waals surface area (Å²) in [5.41, 5.74) is 0.662. The Labute approximate surface area is 130 Å². The van der Waals surface area contributed by atoms with Crippen LogP contribution in [-0.2, 0) is 20.6 Å². The number of nitrogens with zero attached hydrogens (tertiary/aromatic N) is 1. The van der Waals surface area contributed by atoms with Crippen molar-refractivity contribution in [2.45, 2.75) is 36.8 Å². The average Bonchev–Trinajstić information content (AvgIpc) is 2.45. The molecule has 0 radical (unpaired) electrons. The van der Waals surface area contributed by atoms with Crippen molar-refractivity contribution in [3.63, 3.8) is 0 Å². The van der Waals surface area contributed by atoms with Crippen LogP contribution in [0.5, 0.6) is 5.75 Å². The normalized spacial score (nSPS) is 24.0. The summed E-state index contributed by atoms with van der Waals surface area (Å²) in [5, 5.41) is 0. The van der Waals surface area contributed by atoms with E-state index < -0.39 is 10.0 Å². The van der Waals surface area contributed by atoms with Crippen molar-refractivity contribution in [1.29, 1.82) is 0 Å². The molecule has 1 aromatic rings. The fourth-order valence-electron chi connectivity index (χ4n) is 2.50. The van der Waals surface area contributed by atoms with Crippen LogP contribution >= 0.6 is 11.6 Å². The molecular formula is C14H20ClNO4S. The lowest BCUT2D eigenvalue weighted by atomic mass is 10.2. The third-order valence-corrected chi connectivity index (χ3v) is 5.54. The summed E-state index contributed by atoms with van der Waals surface area (Å²) in [5.74, 6) is 0.787. The lowest BCUT2D eigenvalue weighted by Gasteiger charge is -2.34.